The van der Waals surface area contributed by atoms with Gasteiger partial charge >= 0.3 is 0 Å². The minimum absolute atomic E-state index is 0.0151. The van der Waals surface area contributed by atoms with E-state index in [9.17, 15) is 4.79 Å². The number of piperazine rings is 1. The monoisotopic (exact) mass is 384 g/mol. The third kappa shape index (κ3) is 4.32. The molecule has 0 saturated carbocycles. The molecule has 0 bridgehead atoms. The normalized spacial score (nSPS) is 14.0. The van der Waals surface area contributed by atoms with Gasteiger partial charge in [-0.2, -0.15) is 0 Å². The van der Waals surface area contributed by atoms with Crippen molar-refractivity contribution in [3.63, 3.8) is 0 Å². The number of hydrogen-bond acceptors (Lipinski definition) is 5. The number of methoxy groups -OCH3 is 1. The molecule has 1 aliphatic heterocycles. The summed E-state index contributed by atoms with van der Waals surface area (Å²) < 4.78 is 16.6. The molecule has 1 heterocycles. The van der Waals surface area contributed by atoms with Crippen molar-refractivity contribution in [2.24, 2.45) is 0 Å². The lowest BCUT2D eigenvalue weighted by molar-refractivity contribution is 0.0746. The molecule has 1 amide bonds. The summed E-state index contributed by atoms with van der Waals surface area (Å²) in [5, 5.41) is 0. The van der Waals surface area contributed by atoms with E-state index < -0.39 is 0 Å². The number of amides is 1. The SMILES string of the molecule is CCOc1cc(C(=O)N2CCN(c3ccccc3OCC)CC2)ccc1OC. The van der Waals surface area contributed by atoms with Gasteiger partial charge in [0.1, 0.15) is 5.75 Å². The van der Waals surface area contributed by atoms with E-state index in [-0.39, 0.29) is 5.91 Å². The molecule has 1 aliphatic rings. The summed E-state index contributed by atoms with van der Waals surface area (Å²) in [5.74, 6) is 2.14. The van der Waals surface area contributed by atoms with Gasteiger partial charge in [-0.15, -0.1) is 0 Å². The van der Waals surface area contributed by atoms with E-state index in [4.69, 9.17) is 14.2 Å². The number of nitrogens with zero attached hydrogens (tertiary/aromatic N) is 2. The van der Waals surface area contributed by atoms with Crippen LogP contribution in [-0.4, -0.2) is 57.3 Å². The van der Waals surface area contributed by atoms with Crippen molar-refractivity contribution >= 4 is 11.6 Å². The van der Waals surface area contributed by atoms with Crippen LogP contribution in [0.25, 0.3) is 0 Å². The van der Waals surface area contributed by atoms with Crippen molar-refractivity contribution < 1.29 is 19.0 Å². The quantitative estimate of drug-likeness (QED) is 0.732. The minimum atomic E-state index is 0.0151. The Morgan fingerprint density at radius 3 is 2.25 bits per heavy atom. The average molecular weight is 384 g/mol. The van der Waals surface area contributed by atoms with Crippen LogP contribution in [0.3, 0.4) is 0 Å². The third-order valence-electron chi connectivity index (χ3n) is 4.78. The molecule has 0 aliphatic carbocycles. The number of rotatable bonds is 7. The summed E-state index contributed by atoms with van der Waals surface area (Å²) >= 11 is 0. The molecule has 1 fully saturated rings. The highest BCUT2D eigenvalue weighted by atomic mass is 16.5. The first-order chi connectivity index (χ1) is 13.7. The summed E-state index contributed by atoms with van der Waals surface area (Å²) in [6.07, 6.45) is 0. The number of ether oxygens (including phenoxy) is 3. The van der Waals surface area contributed by atoms with Gasteiger partial charge < -0.3 is 24.0 Å². The van der Waals surface area contributed by atoms with Gasteiger partial charge in [-0.3, -0.25) is 4.79 Å². The Hall–Kier alpha value is -2.89. The van der Waals surface area contributed by atoms with Crippen LogP contribution in [0, 0.1) is 0 Å². The molecular weight excluding hydrogens is 356 g/mol. The van der Waals surface area contributed by atoms with Crippen molar-refractivity contribution in [3.8, 4) is 17.2 Å². The molecule has 0 spiro atoms. The molecule has 3 rings (SSSR count). The second kappa shape index (κ2) is 9.35. The Labute approximate surface area is 166 Å². The lowest BCUT2D eigenvalue weighted by Crippen LogP contribution is -2.48. The van der Waals surface area contributed by atoms with Gasteiger partial charge in [0.2, 0.25) is 0 Å². The molecule has 0 N–H and O–H groups in total. The Balaban J connectivity index is 1.68. The minimum Gasteiger partial charge on any atom is -0.493 e. The fraction of sp³-hybridized carbons (Fsp3) is 0.409. The van der Waals surface area contributed by atoms with Crippen molar-refractivity contribution in [1.29, 1.82) is 0 Å². The zero-order valence-electron chi connectivity index (χ0n) is 16.8. The largest absolute Gasteiger partial charge is 0.493 e. The Morgan fingerprint density at radius 2 is 1.57 bits per heavy atom. The molecule has 2 aromatic carbocycles. The van der Waals surface area contributed by atoms with Crippen molar-refractivity contribution in [1.82, 2.24) is 4.90 Å². The van der Waals surface area contributed by atoms with E-state index in [1.54, 1.807) is 25.3 Å². The Bertz CT molecular complexity index is 801. The van der Waals surface area contributed by atoms with Gasteiger partial charge in [0.05, 0.1) is 26.0 Å². The molecule has 0 radical (unpaired) electrons. The fourth-order valence-electron chi connectivity index (χ4n) is 3.41. The summed E-state index contributed by atoms with van der Waals surface area (Å²) in [6, 6.07) is 13.4. The van der Waals surface area contributed by atoms with Crippen LogP contribution in [-0.2, 0) is 0 Å². The maximum atomic E-state index is 13.0. The van der Waals surface area contributed by atoms with Gasteiger partial charge in [0.15, 0.2) is 11.5 Å². The number of carbonyl (C=O) groups is 1. The highest BCUT2D eigenvalue weighted by molar-refractivity contribution is 5.95. The van der Waals surface area contributed by atoms with Gasteiger partial charge in [-0.05, 0) is 44.2 Å². The van der Waals surface area contributed by atoms with E-state index in [1.807, 2.05) is 36.9 Å². The van der Waals surface area contributed by atoms with Gasteiger partial charge in [0.25, 0.3) is 5.91 Å². The lowest BCUT2D eigenvalue weighted by atomic mass is 10.1. The summed E-state index contributed by atoms with van der Waals surface area (Å²) in [4.78, 5) is 17.1. The highest BCUT2D eigenvalue weighted by Crippen LogP contribution is 2.30. The van der Waals surface area contributed by atoms with Crippen LogP contribution in [0.15, 0.2) is 42.5 Å². The predicted octanol–water partition coefficient (Wildman–Crippen LogP) is 3.46. The number of carbonyl (C=O) groups excluding carboxylic acids is 1. The molecule has 0 atom stereocenters. The van der Waals surface area contributed by atoms with Crippen LogP contribution in [0.2, 0.25) is 0 Å². The van der Waals surface area contributed by atoms with E-state index in [0.29, 0.717) is 43.4 Å². The smallest absolute Gasteiger partial charge is 0.254 e. The van der Waals surface area contributed by atoms with Crippen LogP contribution in [0.4, 0.5) is 5.69 Å². The average Bonchev–Trinajstić information content (AvgIpc) is 2.74. The second-order valence-electron chi connectivity index (χ2n) is 6.48. The molecule has 150 valence electrons. The zero-order chi connectivity index (χ0) is 19.9. The van der Waals surface area contributed by atoms with Gasteiger partial charge in [0, 0.05) is 31.7 Å². The lowest BCUT2D eigenvalue weighted by Gasteiger charge is -2.36. The van der Waals surface area contributed by atoms with Crippen molar-refractivity contribution in [3.05, 3.63) is 48.0 Å². The Morgan fingerprint density at radius 1 is 0.893 bits per heavy atom. The van der Waals surface area contributed by atoms with E-state index >= 15 is 0 Å². The summed E-state index contributed by atoms with van der Waals surface area (Å²) in [5.41, 5.74) is 1.70. The fourth-order valence-corrected chi connectivity index (χ4v) is 3.41. The summed E-state index contributed by atoms with van der Waals surface area (Å²) in [7, 11) is 1.60. The maximum Gasteiger partial charge on any atom is 0.254 e. The number of para-hydroxylation sites is 2. The molecule has 0 aromatic heterocycles. The first kappa shape index (κ1) is 19.9. The first-order valence-corrected chi connectivity index (χ1v) is 9.74. The molecule has 1 saturated heterocycles. The van der Waals surface area contributed by atoms with Crippen molar-refractivity contribution in [2.75, 3.05) is 51.4 Å². The van der Waals surface area contributed by atoms with Crippen LogP contribution in [0.5, 0.6) is 17.2 Å². The highest BCUT2D eigenvalue weighted by Gasteiger charge is 2.24. The van der Waals surface area contributed by atoms with Crippen molar-refractivity contribution in [2.45, 2.75) is 13.8 Å². The first-order valence-electron chi connectivity index (χ1n) is 9.74. The third-order valence-corrected chi connectivity index (χ3v) is 4.78. The predicted molar refractivity (Wildman–Crippen MR) is 110 cm³/mol. The van der Waals surface area contributed by atoms with Gasteiger partial charge in [-0.25, -0.2) is 0 Å². The molecule has 6 heteroatoms. The number of anilines is 1. The molecule has 28 heavy (non-hydrogen) atoms. The summed E-state index contributed by atoms with van der Waals surface area (Å²) in [6.45, 7) is 7.91. The van der Waals surface area contributed by atoms with Crippen LogP contribution < -0.4 is 19.1 Å². The molecular formula is C22H28N2O4. The van der Waals surface area contributed by atoms with Crippen LogP contribution in [0.1, 0.15) is 24.2 Å². The number of hydrogen-bond donors (Lipinski definition) is 0. The van der Waals surface area contributed by atoms with E-state index in [2.05, 4.69) is 11.0 Å². The number of benzene rings is 2. The molecule has 2 aromatic rings. The topological polar surface area (TPSA) is 51.2 Å². The van der Waals surface area contributed by atoms with E-state index in [0.717, 1.165) is 24.5 Å². The van der Waals surface area contributed by atoms with Gasteiger partial charge in [-0.1, -0.05) is 12.1 Å². The zero-order valence-corrected chi connectivity index (χ0v) is 16.8. The Kier molecular flexibility index (Phi) is 6.63. The van der Waals surface area contributed by atoms with E-state index in [1.165, 1.54) is 0 Å². The second-order valence-corrected chi connectivity index (χ2v) is 6.48. The van der Waals surface area contributed by atoms with Crippen LogP contribution >= 0.6 is 0 Å². The molecule has 0 unspecified atom stereocenters. The standard InChI is InChI=1S/C22H28N2O4/c1-4-27-19-9-7-6-8-18(19)23-12-14-24(15-13-23)22(25)17-10-11-20(26-3)21(16-17)28-5-2/h6-11,16H,4-5,12-15H2,1-3H3. The maximum absolute atomic E-state index is 13.0. The molecule has 6 nitrogen and oxygen atoms in total.